The number of benzene rings is 2. The molecule has 5 rings (SSSR count). The van der Waals surface area contributed by atoms with Gasteiger partial charge in [-0.05, 0) is 81.0 Å². The molecule has 50 heavy (non-hydrogen) atoms. The first-order chi connectivity index (χ1) is 23.9. The number of carbonyl (C=O) groups is 4. The number of alkyl halides is 1. The highest BCUT2D eigenvalue weighted by Gasteiger charge is 2.43. The molecule has 1 fully saturated rings. The van der Waals surface area contributed by atoms with Gasteiger partial charge in [-0.25, -0.2) is 4.79 Å². The summed E-state index contributed by atoms with van der Waals surface area (Å²) < 4.78 is 11.8. The molecular weight excluding hydrogens is 676 g/mol. The lowest BCUT2D eigenvalue weighted by atomic mass is 10.1. The van der Waals surface area contributed by atoms with Crippen molar-refractivity contribution in [3.63, 3.8) is 0 Å². The van der Waals surface area contributed by atoms with E-state index in [-0.39, 0.29) is 32.1 Å². The molecular formula is C38H43ClN4O6S. The van der Waals surface area contributed by atoms with E-state index in [1.165, 1.54) is 21.1 Å². The first-order valence-electron chi connectivity index (χ1n) is 16.6. The Morgan fingerprint density at radius 1 is 1.06 bits per heavy atom. The Balaban J connectivity index is 1.45. The summed E-state index contributed by atoms with van der Waals surface area (Å²) in [6.45, 7) is 7.46. The van der Waals surface area contributed by atoms with E-state index >= 15 is 0 Å². The maximum absolute atomic E-state index is 14.7. The normalized spacial score (nSPS) is 16.7. The zero-order valence-corrected chi connectivity index (χ0v) is 30.3. The number of allylic oxidation sites excluding steroid dienone is 4. The Labute approximate surface area is 302 Å². The molecule has 3 aromatic rings. The van der Waals surface area contributed by atoms with Gasteiger partial charge in [0.2, 0.25) is 11.8 Å². The third-order valence-electron chi connectivity index (χ3n) is 8.27. The lowest BCUT2D eigenvalue weighted by molar-refractivity contribution is -0.140. The monoisotopic (exact) mass is 718 g/mol. The van der Waals surface area contributed by atoms with Crippen molar-refractivity contribution in [2.75, 3.05) is 30.4 Å². The highest BCUT2D eigenvalue weighted by atomic mass is 35.5. The summed E-state index contributed by atoms with van der Waals surface area (Å²) in [7, 11) is 0. The Hall–Kier alpha value is -4.61. The van der Waals surface area contributed by atoms with Crippen LogP contribution in [0.15, 0.2) is 90.0 Å². The highest BCUT2D eigenvalue weighted by molar-refractivity contribution is 7.10. The second-order valence-corrected chi connectivity index (χ2v) is 14.4. The molecule has 0 saturated carbocycles. The maximum Gasteiger partial charge on any atom is 0.411 e. The molecule has 1 saturated heterocycles. The quantitative estimate of drug-likeness (QED) is 0.233. The molecule has 4 amide bonds. The molecule has 2 heterocycles. The lowest BCUT2D eigenvalue weighted by Gasteiger charge is -2.43. The largest absolute Gasteiger partial charge is 0.462 e. The number of nitrogens with one attached hydrogen (secondary N) is 1. The van der Waals surface area contributed by atoms with Crippen molar-refractivity contribution in [1.29, 1.82) is 0 Å². The number of aryl methyl sites for hydroxylation is 1. The topological polar surface area (TPSA) is 108 Å². The number of hydrogen-bond donors (Lipinski definition) is 1. The van der Waals surface area contributed by atoms with Crippen molar-refractivity contribution in [3.05, 3.63) is 106 Å². The molecule has 2 aromatic carbocycles. The van der Waals surface area contributed by atoms with Gasteiger partial charge >= 0.3 is 6.09 Å². The second kappa shape index (κ2) is 16.4. The van der Waals surface area contributed by atoms with Crippen LogP contribution in [-0.2, 0) is 25.7 Å². The summed E-state index contributed by atoms with van der Waals surface area (Å²) in [5.74, 6) is -0.174. The van der Waals surface area contributed by atoms with Crippen LogP contribution in [0, 0.1) is 6.92 Å². The Morgan fingerprint density at radius 3 is 2.48 bits per heavy atom. The first kappa shape index (κ1) is 36.7. The number of thiophene rings is 1. The number of hydrogen-bond acceptors (Lipinski definition) is 7. The third kappa shape index (κ3) is 9.13. The number of nitrogens with zero attached hydrogens (tertiary/aromatic N) is 3. The number of amides is 4. The van der Waals surface area contributed by atoms with Crippen LogP contribution in [0.5, 0.6) is 5.75 Å². The predicted octanol–water partition coefficient (Wildman–Crippen LogP) is 6.75. The maximum atomic E-state index is 14.7. The molecule has 0 unspecified atom stereocenters. The molecule has 2 aliphatic rings. The molecule has 1 aliphatic carbocycles. The van der Waals surface area contributed by atoms with Crippen molar-refractivity contribution in [2.45, 2.75) is 64.8 Å². The van der Waals surface area contributed by atoms with Gasteiger partial charge in [-0.2, -0.15) is 0 Å². The summed E-state index contributed by atoms with van der Waals surface area (Å²) in [5, 5.41) is 4.77. The molecule has 0 bridgehead atoms. The minimum Gasteiger partial charge on any atom is -0.462 e. The van der Waals surface area contributed by atoms with Crippen molar-refractivity contribution < 1.29 is 28.7 Å². The van der Waals surface area contributed by atoms with Crippen LogP contribution in [0.3, 0.4) is 0 Å². The Bertz CT molecular complexity index is 1740. The summed E-state index contributed by atoms with van der Waals surface area (Å²) in [6, 6.07) is 16.3. The van der Waals surface area contributed by atoms with Gasteiger partial charge in [-0.1, -0.05) is 48.6 Å². The molecule has 1 N–H and O–H groups in total. The number of rotatable bonds is 10. The lowest BCUT2D eigenvalue weighted by Crippen LogP contribution is -2.63. The van der Waals surface area contributed by atoms with E-state index in [4.69, 9.17) is 21.1 Å². The zero-order chi connectivity index (χ0) is 35.8. The molecule has 2 atom stereocenters. The standard InChI is InChI=1S/C38H43ClN4O6S/c1-26-22-29(48-28-14-9-6-10-15-28)17-18-30(26)43(33(44)23-39)34(32-16-11-21-50-32)36(46)41-19-20-42(37(47)49-38(2,3)4)31(25-41)35(45)40-24-27-12-7-5-8-13-27/h5-9,11-14,16-18,21-22,31,34H,10,15,19-20,23-25H2,1-4H3,(H,40,45)/t31-,34-/m1/s1. The SMILES string of the molecule is Cc1cc(OC2=CC=CCC2)ccc1N(C(=O)CCl)[C@@H](C(=O)N1CCN(C(=O)OC(C)(C)C)[C@@H](C(=O)NCc2ccccc2)C1)c1cccs1. The van der Waals surface area contributed by atoms with Gasteiger partial charge in [-0.15, -0.1) is 22.9 Å². The molecule has 12 heteroatoms. The molecule has 0 spiro atoms. The predicted molar refractivity (Wildman–Crippen MR) is 195 cm³/mol. The van der Waals surface area contributed by atoms with E-state index in [9.17, 15) is 19.2 Å². The average molecular weight is 719 g/mol. The minimum absolute atomic E-state index is 0.0563. The fourth-order valence-electron chi connectivity index (χ4n) is 5.89. The van der Waals surface area contributed by atoms with Gasteiger partial charge in [0, 0.05) is 36.6 Å². The molecule has 0 radical (unpaired) electrons. The smallest absolute Gasteiger partial charge is 0.411 e. The van der Waals surface area contributed by atoms with Crippen molar-refractivity contribution in [2.24, 2.45) is 0 Å². The van der Waals surface area contributed by atoms with Crippen LogP contribution in [0.4, 0.5) is 10.5 Å². The number of carbonyl (C=O) groups excluding carboxylic acids is 4. The summed E-state index contributed by atoms with van der Waals surface area (Å²) in [6.07, 6.45) is 7.01. The average Bonchev–Trinajstić information content (AvgIpc) is 3.64. The van der Waals surface area contributed by atoms with E-state index in [0.717, 1.165) is 29.7 Å². The van der Waals surface area contributed by atoms with Gasteiger partial charge in [0.15, 0.2) is 0 Å². The first-order valence-corrected chi connectivity index (χ1v) is 18.0. The van der Waals surface area contributed by atoms with Crippen molar-refractivity contribution in [1.82, 2.24) is 15.1 Å². The number of halogens is 1. The fourth-order valence-corrected chi connectivity index (χ4v) is 6.82. The van der Waals surface area contributed by atoms with Crippen LogP contribution in [-0.4, -0.2) is 70.8 Å². The van der Waals surface area contributed by atoms with E-state index in [1.54, 1.807) is 43.9 Å². The highest BCUT2D eigenvalue weighted by Crippen LogP contribution is 2.36. The zero-order valence-electron chi connectivity index (χ0n) is 28.8. The molecule has 264 valence electrons. The fraction of sp³-hybridized carbons (Fsp3) is 0.368. The number of piperazine rings is 1. The summed E-state index contributed by atoms with van der Waals surface area (Å²) in [5.41, 5.74) is 1.33. The molecule has 1 aromatic heterocycles. The van der Waals surface area contributed by atoms with E-state index in [0.29, 0.717) is 16.3 Å². The van der Waals surface area contributed by atoms with E-state index in [1.807, 2.05) is 66.9 Å². The summed E-state index contributed by atoms with van der Waals surface area (Å²) in [4.78, 5) is 60.5. The Morgan fingerprint density at radius 2 is 1.84 bits per heavy atom. The Kier molecular flexibility index (Phi) is 12.0. The second-order valence-electron chi connectivity index (χ2n) is 13.1. The van der Waals surface area contributed by atoms with Gasteiger partial charge in [-0.3, -0.25) is 24.2 Å². The van der Waals surface area contributed by atoms with E-state index in [2.05, 4.69) is 11.4 Å². The van der Waals surface area contributed by atoms with Gasteiger partial charge in [0.1, 0.15) is 35.1 Å². The van der Waals surface area contributed by atoms with Gasteiger partial charge in [0.05, 0.1) is 6.54 Å². The van der Waals surface area contributed by atoms with Crippen LogP contribution < -0.4 is 15.0 Å². The van der Waals surface area contributed by atoms with E-state index < -0.39 is 41.5 Å². The minimum atomic E-state index is -1.07. The molecule has 10 nitrogen and oxygen atoms in total. The summed E-state index contributed by atoms with van der Waals surface area (Å²) >= 11 is 7.54. The van der Waals surface area contributed by atoms with Crippen LogP contribution in [0.25, 0.3) is 0 Å². The van der Waals surface area contributed by atoms with Crippen molar-refractivity contribution in [3.8, 4) is 5.75 Å². The number of ether oxygens (including phenoxy) is 2. The van der Waals surface area contributed by atoms with Gasteiger partial charge in [0.25, 0.3) is 5.91 Å². The van der Waals surface area contributed by atoms with Crippen molar-refractivity contribution >= 4 is 52.4 Å². The molecule has 1 aliphatic heterocycles. The number of anilines is 1. The van der Waals surface area contributed by atoms with Crippen LogP contribution in [0.2, 0.25) is 0 Å². The van der Waals surface area contributed by atoms with Crippen LogP contribution in [0.1, 0.15) is 55.7 Å². The third-order valence-corrected chi connectivity index (χ3v) is 9.43. The van der Waals surface area contributed by atoms with Crippen LogP contribution >= 0.6 is 22.9 Å². The van der Waals surface area contributed by atoms with Gasteiger partial charge < -0.3 is 19.7 Å².